The highest BCUT2D eigenvalue weighted by Gasteiger charge is 2.19. The first-order chi connectivity index (χ1) is 13.1. The van der Waals surface area contributed by atoms with Crippen molar-refractivity contribution in [3.8, 4) is 16.9 Å². The van der Waals surface area contributed by atoms with Crippen molar-refractivity contribution in [2.45, 2.75) is 44.3 Å². The molecule has 6 nitrogen and oxygen atoms in total. The van der Waals surface area contributed by atoms with Crippen molar-refractivity contribution in [2.75, 3.05) is 33.2 Å². The van der Waals surface area contributed by atoms with Gasteiger partial charge in [0.2, 0.25) is 5.95 Å². The smallest absolute Gasteiger partial charge is 0.224 e. The van der Waals surface area contributed by atoms with Crippen LogP contribution in [0.3, 0.4) is 0 Å². The zero-order valence-electron chi connectivity index (χ0n) is 17.6. The standard InChI is InChI=1S/C21H31N5O.2ClH/c1-22-18-6-8-19(9-7-18)23-12-16-11-15(5-10-20(16)27-4)17-13-24-21(25-14-17)26(2)3;;/h5,10-11,13-14,18-19,22-23H,6-9,12H2,1-4H3;2*1H. The van der Waals surface area contributed by atoms with Gasteiger partial charge in [0.1, 0.15) is 5.75 Å². The number of methoxy groups -OCH3 is 1. The second-order valence-corrected chi connectivity index (χ2v) is 7.41. The first-order valence-corrected chi connectivity index (χ1v) is 9.68. The first-order valence-electron chi connectivity index (χ1n) is 9.68. The summed E-state index contributed by atoms with van der Waals surface area (Å²) in [5, 5.41) is 7.10. The lowest BCUT2D eigenvalue weighted by atomic mass is 9.91. The zero-order chi connectivity index (χ0) is 19.2. The Balaban J connectivity index is 0.00000210. The molecule has 0 saturated heterocycles. The van der Waals surface area contributed by atoms with Gasteiger partial charge < -0.3 is 20.3 Å². The van der Waals surface area contributed by atoms with Gasteiger partial charge in [-0.05, 0) is 50.4 Å². The van der Waals surface area contributed by atoms with E-state index < -0.39 is 0 Å². The summed E-state index contributed by atoms with van der Waals surface area (Å²) in [6, 6.07) is 7.52. The first kappa shape index (κ1) is 25.4. The molecule has 1 aliphatic rings. The maximum atomic E-state index is 5.57. The number of nitrogens with one attached hydrogen (secondary N) is 2. The van der Waals surface area contributed by atoms with E-state index in [0.29, 0.717) is 18.0 Å². The monoisotopic (exact) mass is 441 g/mol. The SMILES string of the molecule is CNC1CCC(NCc2cc(-c3cnc(N(C)C)nc3)ccc2OC)CC1.Cl.Cl. The van der Waals surface area contributed by atoms with Gasteiger partial charge in [-0.25, -0.2) is 9.97 Å². The minimum atomic E-state index is 0. The molecular formula is C21H33Cl2N5O. The van der Waals surface area contributed by atoms with Crippen LogP contribution in [0.1, 0.15) is 31.2 Å². The van der Waals surface area contributed by atoms with Crippen molar-refractivity contribution in [3.05, 3.63) is 36.2 Å². The highest BCUT2D eigenvalue weighted by atomic mass is 35.5. The van der Waals surface area contributed by atoms with Crippen LogP contribution in [0.25, 0.3) is 11.1 Å². The number of anilines is 1. The molecule has 2 aromatic rings. The number of aromatic nitrogens is 2. The van der Waals surface area contributed by atoms with Crippen molar-refractivity contribution in [2.24, 2.45) is 0 Å². The summed E-state index contributed by atoms with van der Waals surface area (Å²) in [7, 11) is 7.67. The van der Waals surface area contributed by atoms with E-state index in [9.17, 15) is 0 Å². The predicted molar refractivity (Wildman–Crippen MR) is 125 cm³/mol. The van der Waals surface area contributed by atoms with Gasteiger partial charge in [-0.3, -0.25) is 0 Å². The molecule has 162 valence electrons. The van der Waals surface area contributed by atoms with Crippen LogP contribution in [0.4, 0.5) is 5.95 Å². The van der Waals surface area contributed by atoms with Crippen molar-refractivity contribution >= 4 is 30.8 Å². The molecule has 0 spiro atoms. The minimum absolute atomic E-state index is 0. The van der Waals surface area contributed by atoms with Crippen LogP contribution in [-0.2, 0) is 6.54 Å². The molecule has 29 heavy (non-hydrogen) atoms. The molecule has 0 unspecified atom stereocenters. The molecule has 2 N–H and O–H groups in total. The second-order valence-electron chi connectivity index (χ2n) is 7.41. The molecular weight excluding hydrogens is 409 g/mol. The van der Waals surface area contributed by atoms with Gasteiger partial charge in [-0.1, -0.05) is 6.07 Å². The normalized spacial score (nSPS) is 18.3. The Morgan fingerprint density at radius 3 is 2.17 bits per heavy atom. The van der Waals surface area contributed by atoms with E-state index in [-0.39, 0.29) is 24.8 Å². The fraction of sp³-hybridized carbons (Fsp3) is 0.524. The van der Waals surface area contributed by atoms with Crippen molar-refractivity contribution in [3.63, 3.8) is 0 Å². The fourth-order valence-corrected chi connectivity index (χ4v) is 3.64. The summed E-state index contributed by atoms with van der Waals surface area (Å²) < 4.78 is 5.57. The number of hydrogen-bond acceptors (Lipinski definition) is 6. The molecule has 1 aliphatic carbocycles. The number of rotatable bonds is 7. The molecule has 0 atom stereocenters. The van der Waals surface area contributed by atoms with Gasteiger partial charge in [0.05, 0.1) is 7.11 Å². The fourth-order valence-electron chi connectivity index (χ4n) is 3.64. The summed E-state index contributed by atoms with van der Waals surface area (Å²) in [5.41, 5.74) is 3.29. The molecule has 8 heteroatoms. The lowest BCUT2D eigenvalue weighted by Gasteiger charge is -2.29. The van der Waals surface area contributed by atoms with Crippen molar-refractivity contribution in [1.82, 2.24) is 20.6 Å². The van der Waals surface area contributed by atoms with Crippen LogP contribution in [0.2, 0.25) is 0 Å². The third-order valence-electron chi connectivity index (χ3n) is 5.37. The Hall–Kier alpha value is -1.60. The lowest BCUT2D eigenvalue weighted by Crippen LogP contribution is -2.38. The van der Waals surface area contributed by atoms with E-state index in [0.717, 1.165) is 23.4 Å². The van der Waals surface area contributed by atoms with Crippen LogP contribution in [-0.4, -0.2) is 50.3 Å². The van der Waals surface area contributed by atoms with Crippen LogP contribution >= 0.6 is 24.8 Å². The Morgan fingerprint density at radius 1 is 1.00 bits per heavy atom. The molecule has 1 fully saturated rings. The third kappa shape index (κ3) is 6.71. The number of halogens is 2. The van der Waals surface area contributed by atoms with Crippen molar-refractivity contribution < 1.29 is 4.74 Å². The summed E-state index contributed by atoms with van der Waals surface area (Å²) in [6.45, 7) is 0.808. The van der Waals surface area contributed by atoms with E-state index >= 15 is 0 Å². The van der Waals surface area contributed by atoms with E-state index in [1.807, 2.05) is 37.5 Å². The van der Waals surface area contributed by atoms with Crippen LogP contribution in [0.5, 0.6) is 5.75 Å². The van der Waals surface area contributed by atoms with E-state index in [2.05, 4.69) is 39.8 Å². The number of ether oxygens (including phenoxy) is 1. The van der Waals surface area contributed by atoms with Crippen LogP contribution in [0, 0.1) is 0 Å². The van der Waals surface area contributed by atoms with E-state index in [4.69, 9.17) is 4.74 Å². The van der Waals surface area contributed by atoms with Crippen molar-refractivity contribution in [1.29, 1.82) is 0 Å². The van der Waals surface area contributed by atoms with Gasteiger partial charge in [0, 0.05) is 56.2 Å². The minimum Gasteiger partial charge on any atom is -0.496 e. The molecule has 0 aliphatic heterocycles. The third-order valence-corrected chi connectivity index (χ3v) is 5.37. The summed E-state index contributed by atoms with van der Waals surface area (Å²) in [5.74, 6) is 1.63. The summed E-state index contributed by atoms with van der Waals surface area (Å²) in [6.07, 6.45) is 8.66. The average Bonchev–Trinajstić information content (AvgIpc) is 2.72. The quantitative estimate of drug-likeness (QED) is 0.682. The summed E-state index contributed by atoms with van der Waals surface area (Å²) >= 11 is 0. The molecule has 1 heterocycles. The van der Waals surface area contributed by atoms with Gasteiger partial charge in [-0.2, -0.15) is 0 Å². The van der Waals surface area contributed by atoms with Gasteiger partial charge in [0.25, 0.3) is 0 Å². The zero-order valence-corrected chi connectivity index (χ0v) is 19.3. The Bertz CT molecular complexity index is 734. The Labute approximate surface area is 186 Å². The molecule has 0 amide bonds. The largest absolute Gasteiger partial charge is 0.496 e. The van der Waals surface area contributed by atoms with Gasteiger partial charge in [-0.15, -0.1) is 24.8 Å². The lowest BCUT2D eigenvalue weighted by molar-refractivity contribution is 0.315. The highest BCUT2D eigenvalue weighted by molar-refractivity contribution is 5.85. The van der Waals surface area contributed by atoms with E-state index in [1.165, 1.54) is 31.2 Å². The average molecular weight is 442 g/mol. The highest BCUT2D eigenvalue weighted by Crippen LogP contribution is 2.27. The molecule has 0 bridgehead atoms. The Morgan fingerprint density at radius 2 is 1.62 bits per heavy atom. The molecule has 1 aromatic heterocycles. The number of hydrogen-bond donors (Lipinski definition) is 2. The number of nitrogens with zero attached hydrogens (tertiary/aromatic N) is 3. The topological polar surface area (TPSA) is 62.3 Å². The van der Waals surface area contributed by atoms with Crippen LogP contribution in [0.15, 0.2) is 30.6 Å². The maximum absolute atomic E-state index is 5.57. The molecule has 1 saturated carbocycles. The van der Waals surface area contributed by atoms with Crippen LogP contribution < -0.4 is 20.3 Å². The predicted octanol–water partition coefficient (Wildman–Crippen LogP) is 3.68. The Kier molecular flexibility index (Phi) is 10.7. The van der Waals surface area contributed by atoms with E-state index in [1.54, 1.807) is 7.11 Å². The molecule has 0 radical (unpaired) electrons. The molecule has 3 rings (SSSR count). The van der Waals surface area contributed by atoms with Gasteiger partial charge >= 0.3 is 0 Å². The second kappa shape index (κ2) is 12.2. The van der Waals surface area contributed by atoms with Gasteiger partial charge in [0.15, 0.2) is 0 Å². The maximum Gasteiger partial charge on any atom is 0.224 e. The summed E-state index contributed by atoms with van der Waals surface area (Å²) in [4.78, 5) is 10.7. The number of benzene rings is 1. The molecule has 1 aromatic carbocycles.